The van der Waals surface area contributed by atoms with Crippen LogP contribution in [0.4, 0.5) is 5.69 Å². The molecule has 0 saturated heterocycles. The Morgan fingerprint density at radius 2 is 2.04 bits per heavy atom. The average Bonchev–Trinajstić information content (AvgIpc) is 3.11. The van der Waals surface area contributed by atoms with Crippen LogP contribution in [0.25, 0.3) is 11.3 Å². The number of ether oxygens (including phenoxy) is 1. The molecule has 134 valence electrons. The van der Waals surface area contributed by atoms with Crippen LogP contribution in [0.1, 0.15) is 29.1 Å². The van der Waals surface area contributed by atoms with Crippen LogP contribution in [-0.2, 0) is 6.61 Å². The highest BCUT2D eigenvalue weighted by Crippen LogP contribution is 2.40. The van der Waals surface area contributed by atoms with Crippen molar-refractivity contribution in [2.24, 2.45) is 5.73 Å². The molecule has 0 radical (unpaired) electrons. The number of benzene rings is 2. The fourth-order valence-electron chi connectivity index (χ4n) is 2.58. The Labute approximate surface area is 155 Å². The SMILES string of the molecule is Cc1cc(-c2csc(C(C)N)n2)c(OCc2ccccc2)c([N+](=O)[O-])c1. The maximum absolute atomic E-state index is 11.6. The number of nitro groups is 1. The van der Waals surface area contributed by atoms with Gasteiger partial charge >= 0.3 is 5.69 Å². The summed E-state index contributed by atoms with van der Waals surface area (Å²) in [5, 5.41) is 14.2. The Kier molecular flexibility index (Phi) is 5.29. The molecule has 2 aromatic carbocycles. The maximum Gasteiger partial charge on any atom is 0.311 e. The molecule has 26 heavy (non-hydrogen) atoms. The highest BCUT2D eigenvalue weighted by atomic mass is 32.1. The van der Waals surface area contributed by atoms with E-state index in [1.54, 1.807) is 0 Å². The molecule has 0 aliphatic heterocycles. The van der Waals surface area contributed by atoms with Crippen molar-refractivity contribution in [1.82, 2.24) is 4.98 Å². The molecule has 1 heterocycles. The predicted octanol–water partition coefficient (Wildman–Crippen LogP) is 4.63. The van der Waals surface area contributed by atoms with E-state index in [2.05, 4.69) is 4.98 Å². The zero-order valence-electron chi connectivity index (χ0n) is 14.5. The Hall–Kier alpha value is -2.77. The minimum absolute atomic E-state index is 0.0636. The fourth-order valence-corrected chi connectivity index (χ4v) is 3.36. The molecule has 0 amide bonds. The van der Waals surface area contributed by atoms with Gasteiger partial charge in [-0.25, -0.2) is 4.98 Å². The van der Waals surface area contributed by atoms with Gasteiger partial charge in [0.15, 0.2) is 0 Å². The summed E-state index contributed by atoms with van der Waals surface area (Å²) in [4.78, 5) is 15.7. The first-order chi connectivity index (χ1) is 12.5. The minimum atomic E-state index is -0.421. The van der Waals surface area contributed by atoms with Gasteiger partial charge < -0.3 is 10.5 Å². The summed E-state index contributed by atoms with van der Waals surface area (Å²) in [6.45, 7) is 3.91. The van der Waals surface area contributed by atoms with Gasteiger partial charge in [-0.2, -0.15) is 0 Å². The van der Waals surface area contributed by atoms with E-state index in [1.165, 1.54) is 17.4 Å². The molecule has 7 heteroatoms. The molecular weight excluding hydrogens is 350 g/mol. The van der Waals surface area contributed by atoms with E-state index in [4.69, 9.17) is 10.5 Å². The summed E-state index contributed by atoms with van der Waals surface area (Å²) < 4.78 is 5.89. The second kappa shape index (κ2) is 7.63. The summed E-state index contributed by atoms with van der Waals surface area (Å²) in [6, 6.07) is 12.7. The standard InChI is InChI=1S/C19H19N3O3S/c1-12-8-15(16-11-26-19(21-16)13(2)20)18(17(9-12)22(23)24)25-10-14-6-4-3-5-7-14/h3-9,11,13H,10,20H2,1-2H3. The normalized spacial score (nSPS) is 12.0. The van der Waals surface area contributed by atoms with E-state index >= 15 is 0 Å². The Morgan fingerprint density at radius 1 is 1.31 bits per heavy atom. The number of thiazole rings is 1. The molecule has 3 aromatic rings. The maximum atomic E-state index is 11.6. The third-order valence-corrected chi connectivity index (χ3v) is 4.87. The zero-order valence-corrected chi connectivity index (χ0v) is 15.3. The summed E-state index contributed by atoms with van der Waals surface area (Å²) in [5.74, 6) is 0.228. The molecule has 0 aliphatic rings. The Bertz CT molecular complexity index is 923. The van der Waals surface area contributed by atoms with Crippen molar-refractivity contribution in [3.05, 3.63) is 74.1 Å². The van der Waals surface area contributed by atoms with Gasteiger partial charge in [0.05, 0.1) is 22.2 Å². The van der Waals surface area contributed by atoms with Crippen molar-refractivity contribution in [1.29, 1.82) is 0 Å². The number of hydrogen-bond donors (Lipinski definition) is 1. The summed E-state index contributed by atoms with van der Waals surface area (Å²) in [6.07, 6.45) is 0. The highest BCUT2D eigenvalue weighted by molar-refractivity contribution is 7.10. The van der Waals surface area contributed by atoms with Crippen molar-refractivity contribution in [2.75, 3.05) is 0 Å². The fraction of sp³-hybridized carbons (Fsp3) is 0.211. The molecule has 2 N–H and O–H groups in total. The largest absolute Gasteiger partial charge is 0.481 e. The number of aryl methyl sites for hydroxylation is 1. The van der Waals surface area contributed by atoms with Crippen molar-refractivity contribution < 1.29 is 9.66 Å². The van der Waals surface area contributed by atoms with Crippen LogP contribution in [0.5, 0.6) is 5.75 Å². The van der Waals surface area contributed by atoms with Crippen molar-refractivity contribution in [2.45, 2.75) is 26.5 Å². The molecule has 1 atom stereocenters. The molecule has 1 aromatic heterocycles. The molecule has 3 rings (SSSR count). The van der Waals surface area contributed by atoms with Crippen molar-refractivity contribution >= 4 is 17.0 Å². The van der Waals surface area contributed by atoms with Crippen LogP contribution in [0, 0.1) is 17.0 Å². The molecule has 0 aliphatic carbocycles. The summed E-state index contributed by atoms with van der Waals surface area (Å²) in [7, 11) is 0. The van der Waals surface area contributed by atoms with Crippen LogP contribution >= 0.6 is 11.3 Å². The summed E-state index contributed by atoms with van der Waals surface area (Å²) in [5.41, 5.74) is 8.78. The van der Waals surface area contributed by atoms with Gasteiger partial charge in [-0.15, -0.1) is 11.3 Å². The number of hydrogen-bond acceptors (Lipinski definition) is 6. The lowest BCUT2D eigenvalue weighted by atomic mass is 10.1. The van der Waals surface area contributed by atoms with E-state index in [0.717, 1.165) is 16.1 Å². The van der Waals surface area contributed by atoms with Crippen LogP contribution in [0.15, 0.2) is 47.8 Å². The number of nitrogens with two attached hydrogens (primary N) is 1. The van der Waals surface area contributed by atoms with Gasteiger partial charge in [0.1, 0.15) is 11.6 Å². The van der Waals surface area contributed by atoms with E-state index in [-0.39, 0.29) is 24.1 Å². The predicted molar refractivity (Wildman–Crippen MR) is 102 cm³/mol. The van der Waals surface area contributed by atoms with Crippen molar-refractivity contribution in [3.63, 3.8) is 0 Å². The highest BCUT2D eigenvalue weighted by Gasteiger charge is 2.23. The lowest BCUT2D eigenvalue weighted by molar-refractivity contribution is -0.385. The number of rotatable bonds is 6. The lowest BCUT2D eigenvalue weighted by Gasteiger charge is -2.12. The van der Waals surface area contributed by atoms with Crippen LogP contribution in [0.3, 0.4) is 0 Å². The van der Waals surface area contributed by atoms with E-state index in [9.17, 15) is 10.1 Å². The van der Waals surface area contributed by atoms with E-state index in [0.29, 0.717) is 11.3 Å². The summed E-state index contributed by atoms with van der Waals surface area (Å²) >= 11 is 1.43. The number of nitro benzene ring substituents is 1. The van der Waals surface area contributed by atoms with Crippen LogP contribution in [-0.4, -0.2) is 9.91 Å². The van der Waals surface area contributed by atoms with Gasteiger partial charge in [-0.3, -0.25) is 10.1 Å². The Morgan fingerprint density at radius 3 is 2.65 bits per heavy atom. The van der Waals surface area contributed by atoms with Crippen LogP contribution in [0.2, 0.25) is 0 Å². The van der Waals surface area contributed by atoms with Gasteiger partial charge in [-0.1, -0.05) is 30.3 Å². The first kappa shape index (κ1) is 18.0. The number of aromatic nitrogens is 1. The lowest BCUT2D eigenvalue weighted by Crippen LogP contribution is -2.04. The first-order valence-corrected chi connectivity index (χ1v) is 9.01. The van der Waals surface area contributed by atoms with E-state index < -0.39 is 4.92 Å². The average molecular weight is 369 g/mol. The van der Waals surface area contributed by atoms with Gasteiger partial charge in [0.25, 0.3) is 0 Å². The van der Waals surface area contributed by atoms with E-state index in [1.807, 2.05) is 55.6 Å². The number of nitrogens with zero attached hydrogens (tertiary/aromatic N) is 2. The monoisotopic (exact) mass is 369 g/mol. The molecule has 1 unspecified atom stereocenters. The van der Waals surface area contributed by atoms with Gasteiger partial charge in [-0.05, 0) is 31.0 Å². The molecule has 6 nitrogen and oxygen atoms in total. The third-order valence-electron chi connectivity index (χ3n) is 3.82. The third kappa shape index (κ3) is 3.89. The minimum Gasteiger partial charge on any atom is -0.481 e. The van der Waals surface area contributed by atoms with Crippen LogP contribution < -0.4 is 10.5 Å². The quantitative estimate of drug-likeness (QED) is 0.505. The first-order valence-electron chi connectivity index (χ1n) is 8.13. The zero-order chi connectivity index (χ0) is 18.7. The van der Waals surface area contributed by atoms with Gasteiger partial charge in [0, 0.05) is 11.4 Å². The molecule has 0 spiro atoms. The van der Waals surface area contributed by atoms with Gasteiger partial charge in [0.2, 0.25) is 5.75 Å². The van der Waals surface area contributed by atoms with Crippen molar-refractivity contribution in [3.8, 4) is 17.0 Å². The second-order valence-electron chi connectivity index (χ2n) is 6.05. The molecule has 0 saturated carbocycles. The smallest absolute Gasteiger partial charge is 0.311 e. The second-order valence-corrected chi connectivity index (χ2v) is 6.94. The Balaban J connectivity index is 2.05. The molecule has 0 bridgehead atoms. The molecular formula is C19H19N3O3S. The molecule has 0 fully saturated rings. The topological polar surface area (TPSA) is 91.3 Å².